The molecule has 0 aromatic heterocycles. The number of benzene rings is 2. The van der Waals surface area contributed by atoms with E-state index in [2.05, 4.69) is 15.9 Å². The molecule has 0 bridgehead atoms. The molecular formula is C19H20BrNO4S. The molecule has 0 N–H and O–H groups in total. The second kappa shape index (κ2) is 8.33. The standard InChI is InChI=1S/C19H20BrNO4S/c20-16-11-9-15(10-12-16)14-25-19(22)18-8-4-5-13-21(18)26(23,24)17-6-2-1-3-7-17/h1-3,6-7,9-12,18H,4-5,8,13-14H2. The maximum absolute atomic E-state index is 12.9. The minimum atomic E-state index is -3.72. The fourth-order valence-electron chi connectivity index (χ4n) is 2.99. The van der Waals surface area contributed by atoms with Crippen molar-refractivity contribution >= 4 is 31.9 Å². The van der Waals surface area contributed by atoms with Gasteiger partial charge in [-0.2, -0.15) is 4.31 Å². The predicted molar refractivity (Wildman–Crippen MR) is 102 cm³/mol. The van der Waals surface area contributed by atoms with Gasteiger partial charge in [-0.3, -0.25) is 4.79 Å². The van der Waals surface area contributed by atoms with E-state index in [-0.39, 0.29) is 11.5 Å². The number of piperidine rings is 1. The molecule has 1 aliphatic rings. The number of carbonyl (C=O) groups excluding carboxylic acids is 1. The molecule has 0 aliphatic carbocycles. The van der Waals surface area contributed by atoms with Crippen LogP contribution in [0.1, 0.15) is 24.8 Å². The molecule has 0 spiro atoms. The summed E-state index contributed by atoms with van der Waals surface area (Å²) in [6, 6.07) is 14.9. The van der Waals surface area contributed by atoms with Gasteiger partial charge in [0, 0.05) is 11.0 Å². The summed E-state index contributed by atoms with van der Waals surface area (Å²) in [4.78, 5) is 12.8. The normalized spacial score (nSPS) is 18.4. The van der Waals surface area contributed by atoms with Gasteiger partial charge in [0.25, 0.3) is 0 Å². The van der Waals surface area contributed by atoms with E-state index < -0.39 is 22.0 Å². The summed E-state index contributed by atoms with van der Waals surface area (Å²) in [6.07, 6.45) is 2.02. The highest BCUT2D eigenvalue weighted by molar-refractivity contribution is 9.10. The van der Waals surface area contributed by atoms with Crippen molar-refractivity contribution in [2.45, 2.75) is 36.8 Å². The van der Waals surface area contributed by atoms with Gasteiger partial charge in [-0.1, -0.05) is 46.3 Å². The molecule has 138 valence electrons. The lowest BCUT2D eigenvalue weighted by Crippen LogP contribution is -2.48. The Balaban J connectivity index is 1.74. The largest absolute Gasteiger partial charge is 0.460 e. The zero-order valence-corrected chi connectivity index (χ0v) is 16.6. The van der Waals surface area contributed by atoms with Crippen LogP contribution in [0.25, 0.3) is 0 Å². The molecular weight excluding hydrogens is 418 g/mol. The van der Waals surface area contributed by atoms with Crippen molar-refractivity contribution in [3.05, 3.63) is 64.6 Å². The van der Waals surface area contributed by atoms with Gasteiger partial charge in [0.2, 0.25) is 10.0 Å². The van der Waals surface area contributed by atoms with Crippen LogP contribution in [0.4, 0.5) is 0 Å². The molecule has 7 heteroatoms. The molecule has 1 atom stereocenters. The smallest absolute Gasteiger partial charge is 0.324 e. The maximum atomic E-state index is 12.9. The molecule has 3 rings (SSSR count). The van der Waals surface area contributed by atoms with Crippen LogP contribution >= 0.6 is 15.9 Å². The van der Waals surface area contributed by atoms with Crippen LogP contribution in [-0.2, 0) is 26.2 Å². The first-order chi connectivity index (χ1) is 12.5. The molecule has 2 aromatic carbocycles. The summed E-state index contributed by atoms with van der Waals surface area (Å²) in [5.74, 6) is -0.493. The second-order valence-corrected chi connectivity index (χ2v) is 8.98. The van der Waals surface area contributed by atoms with E-state index in [1.54, 1.807) is 30.3 Å². The summed E-state index contributed by atoms with van der Waals surface area (Å²) in [7, 11) is -3.72. The molecule has 0 saturated carbocycles. The van der Waals surface area contributed by atoms with Crippen LogP contribution in [0, 0.1) is 0 Å². The molecule has 0 amide bonds. The number of rotatable bonds is 5. The van der Waals surface area contributed by atoms with Crippen LogP contribution in [0.5, 0.6) is 0 Å². The third-order valence-corrected chi connectivity index (χ3v) is 6.82. The first-order valence-corrected chi connectivity index (χ1v) is 10.7. The summed E-state index contributed by atoms with van der Waals surface area (Å²) >= 11 is 3.36. The van der Waals surface area contributed by atoms with Crippen molar-refractivity contribution in [1.29, 1.82) is 0 Å². The predicted octanol–water partition coefficient (Wildman–Crippen LogP) is 3.74. The van der Waals surface area contributed by atoms with Gasteiger partial charge >= 0.3 is 5.97 Å². The Morgan fingerprint density at radius 2 is 1.77 bits per heavy atom. The van der Waals surface area contributed by atoms with Crippen LogP contribution in [0.2, 0.25) is 0 Å². The van der Waals surface area contributed by atoms with Gasteiger partial charge in [-0.05, 0) is 49.1 Å². The highest BCUT2D eigenvalue weighted by Crippen LogP contribution is 2.26. The number of esters is 1. The molecule has 1 aliphatic heterocycles. The zero-order valence-electron chi connectivity index (χ0n) is 14.2. The fourth-order valence-corrected chi connectivity index (χ4v) is 4.92. The van der Waals surface area contributed by atoms with Gasteiger partial charge in [-0.25, -0.2) is 8.42 Å². The number of halogens is 1. The number of hydrogen-bond donors (Lipinski definition) is 0. The SMILES string of the molecule is O=C(OCc1ccc(Br)cc1)C1CCCCN1S(=O)(=O)c1ccccc1. The number of ether oxygens (including phenoxy) is 1. The third kappa shape index (κ3) is 4.34. The first-order valence-electron chi connectivity index (χ1n) is 8.46. The van der Waals surface area contributed by atoms with Crippen LogP contribution in [0.15, 0.2) is 64.0 Å². The molecule has 5 nitrogen and oxygen atoms in total. The minimum Gasteiger partial charge on any atom is -0.460 e. The van der Waals surface area contributed by atoms with Crippen LogP contribution in [0.3, 0.4) is 0 Å². The number of hydrogen-bond acceptors (Lipinski definition) is 4. The second-order valence-electron chi connectivity index (χ2n) is 6.17. The van der Waals surface area contributed by atoms with Crippen molar-refractivity contribution < 1.29 is 17.9 Å². The van der Waals surface area contributed by atoms with Crippen molar-refractivity contribution in [2.24, 2.45) is 0 Å². The Kier molecular flexibility index (Phi) is 6.11. The van der Waals surface area contributed by atoms with E-state index in [0.717, 1.165) is 22.9 Å². The quantitative estimate of drug-likeness (QED) is 0.668. The fraction of sp³-hybridized carbons (Fsp3) is 0.316. The summed E-state index contributed by atoms with van der Waals surface area (Å²) in [5.41, 5.74) is 0.856. The summed E-state index contributed by atoms with van der Waals surface area (Å²) in [6.45, 7) is 0.455. The van der Waals surface area contributed by atoms with Crippen molar-refractivity contribution in [3.8, 4) is 0 Å². The molecule has 2 aromatic rings. The average molecular weight is 438 g/mol. The monoisotopic (exact) mass is 437 g/mol. The molecule has 0 radical (unpaired) electrons. The Morgan fingerprint density at radius 3 is 2.46 bits per heavy atom. The molecule has 1 fully saturated rings. The third-order valence-electron chi connectivity index (χ3n) is 4.37. The lowest BCUT2D eigenvalue weighted by Gasteiger charge is -2.33. The van der Waals surface area contributed by atoms with Crippen LogP contribution < -0.4 is 0 Å². The number of carbonyl (C=O) groups is 1. The molecule has 1 saturated heterocycles. The van der Waals surface area contributed by atoms with E-state index in [1.165, 1.54) is 4.31 Å². The zero-order chi connectivity index (χ0) is 18.6. The van der Waals surface area contributed by atoms with Crippen molar-refractivity contribution in [1.82, 2.24) is 4.31 Å². The Morgan fingerprint density at radius 1 is 1.08 bits per heavy atom. The average Bonchev–Trinajstić information content (AvgIpc) is 2.68. The molecule has 26 heavy (non-hydrogen) atoms. The topological polar surface area (TPSA) is 63.7 Å². The lowest BCUT2D eigenvalue weighted by molar-refractivity contribution is -0.150. The van der Waals surface area contributed by atoms with E-state index in [4.69, 9.17) is 4.74 Å². The maximum Gasteiger partial charge on any atom is 0.324 e. The highest BCUT2D eigenvalue weighted by atomic mass is 79.9. The van der Waals surface area contributed by atoms with Gasteiger partial charge in [0.1, 0.15) is 12.6 Å². The lowest BCUT2D eigenvalue weighted by atomic mass is 10.1. The van der Waals surface area contributed by atoms with Gasteiger partial charge < -0.3 is 4.74 Å². The van der Waals surface area contributed by atoms with Crippen molar-refractivity contribution in [2.75, 3.05) is 6.54 Å². The van der Waals surface area contributed by atoms with Gasteiger partial charge in [0.05, 0.1) is 4.90 Å². The summed E-state index contributed by atoms with van der Waals surface area (Å²) in [5, 5.41) is 0. The van der Waals surface area contributed by atoms with Crippen LogP contribution in [-0.4, -0.2) is 31.3 Å². The number of nitrogens with zero attached hydrogens (tertiary/aromatic N) is 1. The van der Waals surface area contributed by atoms with E-state index in [1.807, 2.05) is 24.3 Å². The first kappa shape index (κ1) is 19.1. The summed E-state index contributed by atoms with van der Waals surface area (Å²) < 4.78 is 33.5. The minimum absolute atomic E-state index is 0.127. The Bertz CT molecular complexity index is 853. The van der Waals surface area contributed by atoms with Gasteiger partial charge in [-0.15, -0.1) is 0 Å². The van der Waals surface area contributed by atoms with E-state index >= 15 is 0 Å². The molecule has 1 heterocycles. The Hall–Kier alpha value is -1.70. The van der Waals surface area contributed by atoms with E-state index in [0.29, 0.717) is 13.0 Å². The number of sulfonamides is 1. The van der Waals surface area contributed by atoms with E-state index in [9.17, 15) is 13.2 Å². The van der Waals surface area contributed by atoms with Crippen molar-refractivity contribution in [3.63, 3.8) is 0 Å². The molecule has 1 unspecified atom stereocenters. The Labute approximate surface area is 162 Å². The van der Waals surface area contributed by atoms with Gasteiger partial charge in [0.15, 0.2) is 0 Å². The highest BCUT2D eigenvalue weighted by Gasteiger charge is 2.38.